The average Bonchev–Trinajstić information content (AvgIpc) is 2.13. The summed E-state index contributed by atoms with van der Waals surface area (Å²) in [6.45, 7) is 0.104. The molecule has 0 unspecified atom stereocenters. The highest BCUT2D eigenvalue weighted by Gasteiger charge is 2.08. The van der Waals surface area contributed by atoms with Crippen molar-refractivity contribution in [3.05, 3.63) is 34.1 Å². The van der Waals surface area contributed by atoms with Crippen LogP contribution in [-0.2, 0) is 11.3 Å². The summed E-state index contributed by atoms with van der Waals surface area (Å²) >= 11 is 5.54. The molecule has 70 valence electrons. The lowest BCUT2D eigenvalue weighted by molar-refractivity contribution is 0.112. The van der Waals surface area contributed by atoms with E-state index in [9.17, 15) is 9.18 Å². The van der Waals surface area contributed by atoms with Crippen molar-refractivity contribution in [3.8, 4) is 0 Å². The molecule has 0 spiro atoms. The van der Waals surface area contributed by atoms with Gasteiger partial charge >= 0.3 is 0 Å². The van der Waals surface area contributed by atoms with Crippen molar-refractivity contribution in [2.45, 2.75) is 6.61 Å². The molecule has 0 heterocycles. The second-order valence-electron chi connectivity index (χ2n) is 2.53. The van der Waals surface area contributed by atoms with E-state index >= 15 is 0 Å². The lowest BCUT2D eigenvalue weighted by Crippen LogP contribution is -1.95. The summed E-state index contributed by atoms with van der Waals surface area (Å²) < 4.78 is 17.9. The summed E-state index contributed by atoms with van der Waals surface area (Å²) in [5.41, 5.74) is 0.635. The number of halogens is 2. The highest BCUT2D eigenvalue weighted by atomic mass is 35.5. The lowest BCUT2D eigenvalue weighted by atomic mass is 10.1. The number of carbonyl (C=O) groups is 1. The van der Waals surface area contributed by atoms with Crippen molar-refractivity contribution in [1.82, 2.24) is 0 Å². The number of ether oxygens (including phenoxy) is 1. The average molecular weight is 203 g/mol. The molecule has 0 aliphatic rings. The normalized spacial score (nSPS) is 10.1. The second-order valence-corrected chi connectivity index (χ2v) is 2.93. The van der Waals surface area contributed by atoms with Gasteiger partial charge < -0.3 is 4.74 Å². The van der Waals surface area contributed by atoms with Crippen LogP contribution in [0.25, 0.3) is 0 Å². The van der Waals surface area contributed by atoms with Gasteiger partial charge in [-0.25, -0.2) is 4.39 Å². The molecule has 0 radical (unpaired) electrons. The molecule has 0 fully saturated rings. The third-order valence-electron chi connectivity index (χ3n) is 1.56. The third kappa shape index (κ3) is 2.26. The monoisotopic (exact) mass is 202 g/mol. The zero-order chi connectivity index (χ0) is 9.84. The van der Waals surface area contributed by atoms with Gasteiger partial charge in [-0.1, -0.05) is 11.6 Å². The smallest absolute Gasteiger partial charge is 0.150 e. The van der Waals surface area contributed by atoms with Gasteiger partial charge in [0, 0.05) is 18.2 Å². The minimum absolute atomic E-state index is 0.0587. The first-order valence-corrected chi connectivity index (χ1v) is 3.99. The summed E-state index contributed by atoms with van der Waals surface area (Å²) in [5.74, 6) is -0.533. The molecule has 0 aromatic heterocycles. The standard InChI is InChI=1S/C9H8ClFO2/c1-13-5-7-2-6(4-12)3-8(10)9(7)11/h2-4H,5H2,1H3. The van der Waals surface area contributed by atoms with E-state index in [4.69, 9.17) is 16.3 Å². The summed E-state index contributed by atoms with van der Waals surface area (Å²) in [7, 11) is 1.45. The summed E-state index contributed by atoms with van der Waals surface area (Å²) in [6.07, 6.45) is 0.616. The minimum atomic E-state index is -0.533. The van der Waals surface area contributed by atoms with E-state index in [0.717, 1.165) is 0 Å². The van der Waals surface area contributed by atoms with Crippen LogP contribution in [0.5, 0.6) is 0 Å². The van der Waals surface area contributed by atoms with Crippen LogP contribution in [0.1, 0.15) is 15.9 Å². The van der Waals surface area contributed by atoms with Gasteiger partial charge in [0.1, 0.15) is 12.1 Å². The first kappa shape index (κ1) is 10.2. The van der Waals surface area contributed by atoms with Crippen molar-refractivity contribution in [2.24, 2.45) is 0 Å². The Morgan fingerprint density at radius 3 is 2.85 bits per heavy atom. The van der Waals surface area contributed by atoms with Gasteiger partial charge in [0.05, 0.1) is 11.6 Å². The Labute approximate surface area is 80.3 Å². The SMILES string of the molecule is COCc1cc(C=O)cc(Cl)c1F. The van der Waals surface area contributed by atoms with Gasteiger partial charge in [-0.05, 0) is 12.1 Å². The fourth-order valence-electron chi connectivity index (χ4n) is 0.998. The number of benzene rings is 1. The molecule has 0 N–H and O–H groups in total. The van der Waals surface area contributed by atoms with Crippen molar-refractivity contribution in [2.75, 3.05) is 7.11 Å². The summed E-state index contributed by atoms with van der Waals surface area (Å²) in [5, 5.41) is -0.0587. The zero-order valence-corrected chi connectivity index (χ0v) is 7.77. The van der Waals surface area contributed by atoms with Crippen LogP contribution in [0.3, 0.4) is 0 Å². The minimum Gasteiger partial charge on any atom is -0.380 e. The maximum Gasteiger partial charge on any atom is 0.150 e. The van der Waals surface area contributed by atoms with Crippen LogP contribution in [0.15, 0.2) is 12.1 Å². The van der Waals surface area contributed by atoms with Crippen LogP contribution in [0, 0.1) is 5.82 Å². The number of carbonyl (C=O) groups excluding carboxylic acids is 1. The van der Waals surface area contributed by atoms with Crippen LogP contribution in [-0.4, -0.2) is 13.4 Å². The molecule has 13 heavy (non-hydrogen) atoms. The predicted molar refractivity (Wildman–Crippen MR) is 47.5 cm³/mol. The Morgan fingerprint density at radius 2 is 2.31 bits per heavy atom. The molecule has 0 saturated carbocycles. The summed E-state index contributed by atoms with van der Waals surface area (Å²) in [4.78, 5) is 10.4. The molecule has 0 atom stereocenters. The van der Waals surface area contributed by atoms with E-state index in [1.165, 1.54) is 19.2 Å². The van der Waals surface area contributed by atoms with Gasteiger partial charge in [0.25, 0.3) is 0 Å². The van der Waals surface area contributed by atoms with E-state index in [2.05, 4.69) is 0 Å². The highest BCUT2D eigenvalue weighted by molar-refractivity contribution is 6.31. The van der Waals surface area contributed by atoms with E-state index in [1.807, 2.05) is 0 Å². The van der Waals surface area contributed by atoms with E-state index in [-0.39, 0.29) is 17.2 Å². The van der Waals surface area contributed by atoms with Crippen molar-refractivity contribution >= 4 is 17.9 Å². The quantitative estimate of drug-likeness (QED) is 0.704. The van der Waals surface area contributed by atoms with E-state index in [1.54, 1.807) is 0 Å². The first-order valence-electron chi connectivity index (χ1n) is 3.61. The van der Waals surface area contributed by atoms with Crippen LogP contribution >= 0.6 is 11.6 Å². The first-order chi connectivity index (χ1) is 6.19. The molecule has 2 nitrogen and oxygen atoms in total. The Bertz CT molecular complexity index is 326. The van der Waals surface area contributed by atoms with Gasteiger partial charge in [-0.15, -0.1) is 0 Å². The molecular weight excluding hydrogens is 195 g/mol. The number of methoxy groups -OCH3 is 1. The highest BCUT2D eigenvalue weighted by Crippen LogP contribution is 2.20. The van der Waals surface area contributed by atoms with Crippen molar-refractivity contribution in [3.63, 3.8) is 0 Å². The van der Waals surface area contributed by atoms with E-state index < -0.39 is 5.82 Å². The van der Waals surface area contributed by atoms with Gasteiger partial charge in [-0.2, -0.15) is 0 Å². The largest absolute Gasteiger partial charge is 0.380 e. The van der Waals surface area contributed by atoms with Gasteiger partial charge in [0.2, 0.25) is 0 Å². The van der Waals surface area contributed by atoms with Crippen molar-refractivity contribution in [1.29, 1.82) is 0 Å². The Kier molecular flexibility index (Phi) is 3.39. The third-order valence-corrected chi connectivity index (χ3v) is 1.84. The molecule has 0 bridgehead atoms. The predicted octanol–water partition coefficient (Wildman–Crippen LogP) is 2.44. The molecule has 4 heteroatoms. The molecule has 0 amide bonds. The molecule has 0 aliphatic heterocycles. The lowest BCUT2D eigenvalue weighted by Gasteiger charge is -2.04. The topological polar surface area (TPSA) is 26.3 Å². The maximum atomic E-state index is 13.2. The second kappa shape index (κ2) is 4.35. The summed E-state index contributed by atoms with van der Waals surface area (Å²) in [6, 6.07) is 2.70. The molecule has 1 rings (SSSR count). The van der Waals surface area contributed by atoms with Crippen LogP contribution < -0.4 is 0 Å². The number of hydrogen-bond donors (Lipinski definition) is 0. The molecule has 0 aliphatic carbocycles. The fraction of sp³-hybridized carbons (Fsp3) is 0.222. The fourth-order valence-corrected chi connectivity index (χ4v) is 1.25. The van der Waals surface area contributed by atoms with E-state index in [0.29, 0.717) is 11.8 Å². The van der Waals surface area contributed by atoms with Crippen LogP contribution in [0.4, 0.5) is 4.39 Å². The Hall–Kier alpha value is -0.930. The zero-order valence-electron chi connectivity index (χ0n) is 7.01. The number of rotatable bonds is 3. The molecule has 1 aromatic rings. The number of aldehydes is 1. The molecule has 1 aromatic carbocycles. The molecular formula is C9H8ClFO2. The maximum absolute atomic E-state index is 13.2. The number of hydrogen-bond acceptors (Lipinski definition) is 2. The van der Waals surface area contributed by atoms with Gasteiger partial charge in [0.15, 0.2) is 0 Å². The Balaban J connectivity index is 3.16. The van der Waals surface area contributed by atoms with Crippen molar-refractivity contribution < 1.29 is 13.9 Å². The van der Waals surface area contributed by atoms with Gasteiger partial charge in [-0.3, -0.25) is 4.79 Å². The molecule has 0 saturated heterocycles. The van der Waals surface area contributed by atoms with Crippen LogP contribution in [0.2, 0.25) is 5.02 Å². The Morgan fingerprint density at radius 1 is 1.62 bits per heavy atom.